The van der Waals surface area contributed by atoms with E-state index in [0.717, 1.165) is 31.2 Å². The fraction of sp³-hybridized carbons (Fsp3) is 0.600. The van der Waals surface area contributed by atoms with Gasteiger partial charge in [-0.3, -0.25) is 0 Å². The van der Waals surface area contributed by atoms with Gasteiger partial charge >= 0.3 is 6.61 Å². The van der Waals surface area contributed by atoms with Crippen molar-refractivity contribution in [1.29, 1.82) is 0 Å². The molecular weight excluding hydrogens is 264 g/mol. The molecule has 0 saturated heterocycles. The lowest BCUT2D eigenvalue weighted by Gasteiger charge is -2.36. The van der Waals surface area contributed by atoms with E-state index in [1.807, 2.05) is 0 Å². The third-order valence-electron chi connectivity index (χ3n) is 3.93. The van der Waals surface area contributed by atoms with Gasteiger partial charge in [0, 0.05) is 12.1 Å². The van der Waals surface area contributed by atoms with E-state index < -0.39 is 6.61 Å². The summed E-state index contributed by atoms with van der Waals surface area (Å²) < 4.78 is 28.4. The summed E-state index contributed by atoms with van der Waals surface area (Å²) in [4.78, 5) is 0. The molecule has 0 amide bonds. The molecule has 112 valence electrons. The van der Waals surface area contributed by atoms with Crippen LogP contribution in [0.4, 0.5) is 8.78 Å². The maximum Gasteiger partial charge on any atom is 0.387 e. The maximum absolute atomic E-state index is 12.0. The highest BCUT2D eigenvalue weighted by atomic mass is 19.3. The van der Waals surface area contributed by atoms with Gasteiger partial charge in [0.1, 0.15) is 5.75 Å². The molecule has 0 unspecified atom stereocenters. The molecule has 2 N–H and O–H groups in total. The Hall–Kier alpha value is -1.20. The SMILES string of the molecule is OCC1(NCc2ccc(OC(F)F)cc2)CCCCC1. The summed E-state index contributed by atoms with van der Waals surface area (Å²) in [6, 6.07) is 6.60. The van der Waals surface area contributed by atoms with E-state index in [-0.39, 0.29) is 17.9 Å². The zero-order valence-electron chi connectivity index (χ0n) is 11.4. The van der Waals surface area contributed by atoms with Crippen LogP contribution < -0.4 is 10.1 Å². The van der Waals surface area contributed by atoms with Crippen LogP contribution in [0.15, 0.2) is 24.3 Å². The Morgan fingerprint density at radius 3 is 2.35 bits per heavy atom. The normalized spacial score (nSPS) is 18.2. The summed E-state index contributed by atoms with van der Waals surface area (Å²) in [6.45, 7) is -2.03. The van der Waals surface area contributed by atoms with E-state index in [4.69, 9.17) is 0 Å². The molecule has 0 atom stereocenters. The minimum absolute atomic E-state index is 0.138. The highest BCUT2D eigenvalue weighted by molar-refractivity contribution is 5.27. The first-order chi connectivity index (χ1) is 9.63. The molecule has 1 aromatic carbocycles. The Kier molecular flexibility index (Phi) is 5.31. The molecule has 0 bridgehead atoms. The number of aliphatic hydroxyl groups is 1. The standard InChI is InChI=1S/C15H21F2NO2/c16-14(17)20-13-6-4-12(5-7-13)10-18-15(11-19)8-2-1-3-9-15/h4-7,14,18-19H,1-3,8-11H2. The van der Waals surface area contributed by atoms with Crippen molar-refractivity contribution < 1.29 is 18.6 Å². The van der Waals surface area contributed by atoms with Crippen molar-refractivity contribution in [3.05, 3.63) is 29.8 Å². The molecule has 0 heterocycles. The summed E-state index contributed by atoms with van der Waals surface area (Å²) in [6.07, 6.45) is 5.46. The number of aliphatic hydroxyl groups excluding tert-OH is 1. The molecule has 0 radical (unpaired) electrons. The molecule has 1 aliphatic carbocycles. The third-order valence-corrected chi connectivity index (χ3v) is 3.93. The lowest BCUT2D eigenvalue weighted by molar-refractivity contribution is -0.0498. The monoisotopic (exact) mass is 285 g/mol. The van der Waals surface area contributed by atoms with Gasteiger partial charge in [0.05, 0.1) is 6.61 Å². The van der Waals surface area contributed by atoms with Crippen LogP contribution in [-0.2, 0) is 6.54 Å². The van der Waals surface area contributed by atoms with E-state index in [1.165, 1.54) is 18.6 Å². The van der Waals surface area contributed by atoms with Crippen molar-refractivity contribution in [2.24, 2.45) is 0 Å². The van der Waals surface area contributed by atoms with Gasteiger partial charge in [-0.05, 0) is 30.5 Å². The molecule has 0 aliphatic heterocycles. The van der Waals surface area contributed by atoms with Gasteiger partial charge in [0.2, 0.25) is 0 Å². The molecule has 20 heavy (non-hydrogen) atoms. The lowest BCUT2D eigenvalue weighted by Crippen LogP contribution is -2.49. The number of benzene rings is 1. The molecule has 1 aromatic rings. The fourth-order valence-corrected chi connectivity index (χ4v) is 2.70. The second-order valence-electron chi connectivity index (χ2n) is 5.38. The van der Waals surface area contributed by atoms with Crippen molar-refractivity contribution in [3.8, 4) is 5.75 Å². The van der Waals surface area contributed by atoms with Gasteiger partial charge in [-0.2, -0.15) is 8.78 Å². The van der Waals surface area contributed by atoms with E-state index in [9.17, 15) is 13.9 Å². The highest BCUT2D eigenvalue weighted by Crippen LogP contribution is 2.28. The zero-order valence-corrected chi connectivity index (χ0v) is 11.4. The van der Waals surface area contributed by atoms with Gasteiger partial charge in [0.25, 0.3) is 0 Å². The van der Waals surface area contributed by atoms with Crippen molar-refractivity contribution in [1.82, 2.24) is 5.32 Å². The Bertz CT molecular complexity index is 403. The van der Waals surface area contributed by atoms with Crippen LogP contribution in [0.25, 0.3) is 0 Å². The largest absolute Gasteiger partial charge is 0.435 e. The van der Waals surface area contributed by atoms with Crippen molar-refractivity contribution in [2.45, 2.75) is 50.8 Å². The Morgan fingerprint density at radius 1 is 1.15 bits per heavy atom. The van der Waals surface area contributed by atoms with Crippen LogP contribution in [0, 0.1) is 0 Å². The lowest BCUT2D eigenvalue weighted by atomic mass is 9.82. The fourth-order valence-electron chi connectivity index (χ4n) is 2.70. The quantitative estimate of drug-likeness (QED) is 0.844. The summed E-state index contributed by atoms with van der Waals surface area (Å²) in [7, 11) is 0. The molecule has 0 spiro atoms. The molecule has 0 aromatic heterocycles. The number of nitrogens with one attached hydrogen (secondary N) is 1. The minimum atomic E-state index is -2.79. The Labute approximate surface area is 117 Å². The molecule has 3 nitrogen and oxygen atoms in total. The average molecular weight is 285 g/mol. The Balaban J connectivity index is 1.89. The first kappa shape index (κ1) is 15.2. The molecule has 5 heteroatoms. The third kappa shape index (κ3) is 4.15. The van der Waals surface area contributed by atoms with Crippen molar-refractivity contribution in [3.63, 3.8) is 0 Å². The number of alkyl halides is 2. The van der Waals surface area contributed by atoms with Crippen LogP contribution >= 0.6 is 0 Å². The molecule has 1 saturated carbocycles. The van der Waals surface area contributed by atoms with Gasteiger partial charge in [-0.15, -0.1) is 0 Å². The van der Waals surface area contributed by atoms with E-state index >= 15 is 0 Å². The van der Waals surface area contributed by atoms with Crippen LogP contribution in [-0.4, -0.2) is 23.9 Å². The molecule has 2 rings (SSSR count). The van der Waals surface area contributed by atoms with Crippen molar-refractivity contribution in [2.75, 3.05) is 6.61 Å². The van der Waals surface area contributed by atoms with Crippen LogP contribution in [0.1, 0.15) is 37.7 Å². The molecule has 1 aliphatic rings. The van der Waals surface area contributed by atoms with E-state index in [2.05, 4.69) is 10.1 Å². The average Bonchev–Trinajstić information content (AvgIpc) is 2.47. The van der Waals surface area contributed by atoms with E-state index in [1.54, 1.807) is 12.1 Å². The molecule has 1 fully saturated rings. The number of hydrogen-bond acceptors (Lipinski definition) is 3. The second-order valence-corrected chi connectivity index (χ2v) is 5.38. The number of halogens is 2. The Morgan fingerprint density at radius 2 is 1.80 bits per heavy atom. The highest BCUT2D eigenvalue weighted by Gasteiger charge is 2.30. The topological polar surface area (TPSA) is 41.5 Å². The smallest absolute Gasteiger partial charge is 0.387 e. The maximum atomic E-state index is 12.0. The first-order valence-electron chi connectivity index (χ1n) is 7.03. The van der Waals surface area contributed by atoms with Gasteiger partial charge in [-0.25, -0.2) is 0 Å². The van der Waals surface area contributed by atoms with Crippen molar-refractivity contribution >= 4 is 0 Å². The predicted molar refractivity (Wildman–Crippen MR) is 72.8 cm³/mol. The van der Waals surface area contributed by atoms with Gasteiger partial charge in [-0.1, -0.05) is 31.4 Å². The van der Waals surface area contributed by atoms with Crippen LogP contribution in [0.2, 0.25) is 0 Å². The van der Waals surface area contributed by atoms with E-state index in [0.29, 0.717) is 6.54 Å². The van der Waals surface area contributed by atoms with Crippen LogP contribution in [0.3, 0.4) is 0 Å². The van der Waals surface area contributed by atoms with Crippen LogP contribution in [0.5, 0.6) is 5.75 Å². The number of ether oxygens (including phenoxy) is 1. The summed E-state index contributed by atoms with van der Waals surface area (Å²) >= 11 is 0. The summed E-state index contributed by atoms with van der Waals surface area (Å²) in [5.41, 5.74) is 0.807. The van der Waals surface area contributed by atoms with Gasteiger partial charge < -0.3 is 15.2 Å². The first-order valence-corrected chi connectivity index (χ1v) is 7.03. The second kappa shape index (κ2) is 6.99. The number of hydrogen-bond donors (Lipinski definition) is 2. The number of rotatable bonds is 6. The molecular formula is C15H21F2NO2. The van der Waals surface area contributed by atoms with Gasteiger partial charge in [0.15, 0.2) is 0 Å². The summed E-state index contributed by atoms with van der Waals surface area (Å²) in [5.74, 6) is 0.165. The summed E-state index contributed by atoms with van der Waals surface area (Å²) in [5, 5.41) is 13.0. The zero-order chi connectivity index (χ0) is 14.4. The predicted octanol–water partition coefficient (Wildman–Crippen LogP) is 3.07. The minimum Gasteiger partial charge on any atom is -0.435 e.